The van der Waals surface area contributed by atoms with E-state index in [0.717, 1.165) is 16.8 Å². The summed E-state index contributed by atoms with van der Waals surface area (Å²) >= 11 is 0. The second kappa shape index (κ2) is 10.2. The highest BCUT2D eigenvalue weighted by atomic mass is 16.5. The number of ether oxygens (including phenoxy) is 1. The number of carbonyl (C=O) groups excluding carboxylic acids is 1. The Labute approximate surface area is 176 Å². The number of hydrogen-bond acceptors (Lipinski definition) is 4. The topological polar surface area (TPSA) is 79.9 Å². The van der Waals surface area contributed by atoms with Gasteiger partial charge in [0.05, 0.1) is 11.4 Å². The largest absolute Gasteiger partial charge is 0.385 e. The van der Waals surface area contributed by atoms with E-state index in [1.165, 1.54) is 0 Å². The number of para-hydroxylation sites is 1. The zero-order chi connectivity index (χ0) is 21.3. The van der Waals surface area contributed by atoms with Gasteiger partial charge in [0.25, 0.3) is 5.91 Å². The molecule has 2 aromatic carbocycles. The number of nitrogens with one attached hydrogen (secondary N) is 1. The van der Waals surface area contributed by atoms with Gasteiger partial charge in [-0.15, -0.1) is 0 Å². The lowest BCUT2D eigenvalue weighted by atomic mass is 10.0. The van der Waals surface area contributed by atoms with Gasteiger partial charge in [0.2, 0.25) is 0 Å². The van der Waals surface area contributed by atoms with Gasteiger partial charge in [-0.2, -0.15) is 10.4 Å². The van der Waals surface area contributed by atoms with E-state index >= 15 is 0 Å². The summed E-state index contributed by atoms with van der Waals surface area (Å²) in [6, 6.07) is 19.7. The first-order valence-corrected chi connectivity index (χ1v) is 9.73. The molecule has 0 aliphatic heterocycles. The second-order valence-electron chi connectivity index (χ2n) is 6.85. The molecule has 0 saturated carbocycles. The quantitative estimate of drug-likeness (QED) is 0.353. The SMILES string of the molecule is COCCCNC(=O)/C(C#N)=C\c1cn(-c2ccccc2)nc1-c1ccc(C)cc1. The summed E-state index contributed by atoms with van der Waals surface area (Å²) in [7, 11) is 1.61. The van der Waals surface area contributed by atoms with E-state index in [4.69, 9.17) is 9.84 Å². The molecule has 6 nitrogen and oxygen atoms in total. The lowest BCUT2D eigenvalue weighted by Crippen LogP contribution is -2.26. The van der Waals surface area contributed by atoms with Crippen molar-refractivity contribution >= 4 is 12.0 Å². The van der Waals surface area contributed by atoms with Crippen molar-refractivity contribution in [3.63, 3.8) is 0 Å². The van der Waals surface area contributed by atoms with E-state index in [0.29, 0.717) is 30.8 Å². The summed E-state index contributed by atoms with van der Waals surface area (Å²) in [5.74, 6) is -0.407. The van der Waals surface area contributed by atoms with Crippen LogP contribution >= 0.6 is 0 Å². The monoisotopic (exact) mass is 400 g/mol. The number of aryl methyl sites for hydroxylation is 1. The number of hydrogen-bond donors (Lipinski definition) is 1. The molecule has 1 heterocycles. The predicted octanol–water partition coefficient (Wildman–Crippen LogP) is 3.91. The van der Waals surface area contributed by atoms with E-state index in [-0.39, 0.29) is 5.57 Å². The molecular weight excluding hydrogens is 376 g/mol. The maximum atomic E-state index is 12.4. The minimum absolute atomic E-state index is 0.0355. The lowest BCUT2D eigenvalue weighted by molar-refractivity contribution is -0.117. The van der Waals surface area contributed by atoms with Gasteiger partial charge in [0, 0.05) is 37.6 Å². The summed E-state index contributed by atoms with van der Waals surface area (Å²) in [6.07, 6.45) is 4.11. The van der Waals surface area contributed by atoms with E-state index in [1.54, 1.807) is 17.9 Å². The van der Waals surface area contributed by atoms with Gasteiger partial charge in [-0.1, -0.05) is 48.0 Å². The maximum Gasteiger partial charge on any atom is 0.261 e. The Morgan fingerprint density at radius 1 is 1.20 bits per heavy atom. The van der Waals surface area contributed by atoms with Crippen LogP contribution in [0.15, 0.2) is 66.4 Å². The van der Waals surface area contributed by atoms with Crippen molar-refractivity contribution in [3.8, 4) is 23.0 Å². The molecule has 152 valence electrons. The Morgan fingerprint density at radius 2 is 1.93 bits per heavy atom. The van der Waals surface area contributed by atoms with Crippen molar-refractivity contribution in [2.75, 3.05) is 20.3 Å². The van der Waals surface area contributed by atoms with Crippen LogP contribution in [0.2, 0.25) is 0 Å². The molecule has 3 rings (SSSR count). The van der Waals surface area contributed by atoms with Crippen LogP contribution in [0, 0.1) is 18.3 Å². The van der Waals surface area contributed by atoms with Crippen LogP contribution in [0.1, 0.15) is 17.5 Å². The highest BCUT2D eigenvalue weighted by Crippen LogP contribution is 2.26. The third kappa shape index (κ3) is 5.22. The first-order chi connectivity index (χ1) is 14.6. The molecule has 1 aromatic heterocycles. The van der Waals surface area contributed by atoms with Crippen LogP contribution in [0.3, 0.4) is 0 Å². The van der Waals surface area contributed by atoms with Crippen molar-refractivity contribution in [1.82, 2.24) is 15.1 Å². The summed E-state index contributed by atoms with van der Waals surface area (Å²) < 4.78 is 6.74. The van der Waals surface area contributed by atoms with Crippen LogP contribution < -0.4 is 5.32 Å². The number of benzene rings is 2. The summed E-state index contributed by atoms with van der Waals surface area (Å²) in [6.45, 7) is 3.02. The number of aromatic nitrogens is 2. The van der Waals surface area contributed by atoms with Gasteiger partial charge < -0.3 is 10.1 Å². The minimum atomic E-state index is -0.407. The first-order valence-electron chi connectivity index (χ1n) is 9.73. The molecule has 0 fully saturated rings. The number of methoxy groups -OCH3 is 1. The molecule has 1 amide bonds. The first kappa shape index (κ1) is 21.0. The minimum Gasteiger partial charge on any atom is -0.385 e. The highest BCUT2D eigenvalue weighted by molar-refractivity contribution is 6.02. The molecule has 0 atom stereocenters. The van der Waals surface area contributed by atoms with Crippen molar-refractivity contribution in [2.24, 2.45) is 0 Å². The summed E-state index contributed by atoms with van der Waals surface area (Å²) in [4.78, 5) is 12.4. The Hall–Kier alpha value is -3.69. The highest BCUT2D eigenvalue weighted by Gasteiger charge is 2.15. The van der Waals surface area contributed by atoms with Crippen LogP contribution in [0.25, 0.3) is 23.0 Å². The van der Waals surface area contributed by atoms with Gasteiger partial charge in [-0.05, 0) is 31.6 Å². The molecule has 0 aliphatic rings. The smallest absolute Gasteiger partial charge is 0.261 e. The lowest BCUT2D eigenvalue weighted by Gasteiger charge is -2.04. The van der Waals surface area contributed by atoms with E-state index in [1.807, 2.05) is 73.8 Å². The van der Waals surface area contributed by atoms with Crippen LogP contribution in [-0.2, 0) is 9.53 Å². The Morgan fingerprint density at radius 3 is 2.60 bits per heavy atom. The summed E-state index contributed by atoms with van der Waals surface area (Å²) in [5, 5.41) is 17.0. The predicted molar refractivity (Wildman–Crippen MR) is 117 cm³/mol. The number of nitriles is 1. The molecule has 3 aromatic rings. The Balaban J connectivity index is 1.98. The number of rotatable bonds is 8. The van der Waals surface area contributed by atoms with Gasteiger partial charge >= 0.3 is 0 Å². The molecule has 0 aliphatic carbocycles. The molecule has 1 N–H and O–H groups in total. The molecule has 0 saturated heterocycles. The fraction of sp³-hybridized carbons (Fsp3) is 0.208. The number of nitrogens with zero attached hydrogens (tertiary/aromatic N) is 3. The molecule has 0 unspecified atom stereocenters. The standard InChI is InChI=1S/C24H24N4O2/c1-18-9-11-19(12-10-18)23-21(17-28(27-23)22-7-4-3-5-8-22)15-20(16-25)24(29)26-13-6-14-30-2/h3-5,7-12,15,17H,6,13-14H2,1-2H3,(H,26,29)/b20-15-. The Kier molecular flexibility index (Phi) is 7.14. The average molecular weight is 400 g/mol. The molecule has 30 heavy (non-hydrogen) atoms. The van der Waals surface area contributed by atoms with Gasteiger partial charge in [0.15, 0.2) is 0 Å². The van der Waals surface area contributed by atoms with Crippen molar-refractivity contribution in [2.45, 2.75) is 13.3 Å². The van der Waals surface area contributed by atoms with Crippen LogP contribution in [-0.4, -0.2) is 35.9 Å². The molecule has 0 bridgehead atoms. The second-order valence-corrected chi connectivity index (χ2v) is 6.85. The third-order valence-corrected chi connectivity index (χ3v) is 4.56. The van der Waals surface area contributed by atoms with Gasteiger partial charge in [-0.25, -0.2) is 4.68 Å². The molecular formula is C24H24N4O2. The van der Waals surface area contributed by atoms with E-state index in [9.17, 15) is 10.1 Å². The molecule has 0 radical (unpaired) electrons. The van der Waals surface area contributed by atoms with Crippen molar-refractivity contribution in [3.05, 3.63) is 77.5 Å². The van der Waals surface area contributed by atoms with E-state index in [2.05, 4.69) is 5.32 Å². The Bertz CT molecular complexity index is 1060. The molecule has 0 spiro atoms. The maximum absolute atomic E-state index is 12.4. The number of carbonyl (C=O) groups is 1. The van der Waals surface area contributed by atoms with Crippen molar-refractivity contribution < 1.29 is 9.53 Å². The van der Waals surface area contributed by atoms with Gasteiger partial charge in [-0.3, -0.25) is 4.79 Å². The van der Waals surface area contributed by atoms with E-state index < -0.39 is 5.91 Å². The third-order valence-electron chi connectivity index (χ3n) is 4.56. The fourth-order valence-electron chi connectivity index (χ4n) is 2.96. The number of amides is 1. The zero-order valence-corrected chi connectivity index (χ0v) is 17.1. The van der Waals surface area contributed by atoms with Crippen LogP contribution in [0.4, 0.5) is 0 Å². The molecule has 6 heteroatoms. The van der Waals surface area contributed by atoms with Gasteiger partial charge in [0.1, 0.15) is 11.6 Å². The average Bonchev–Trinajstić information content (AvgIpc) is 3.20. The fourth-order valence-corrected chi connectivity index (χ4v) is 2.96. The normalized spacial score (nSPS) is 11.2. The van der Waals surface area contributed by atoms with Crippen molar-refractivity contribution in [1.29, 1.82) is 5.26 Å². The van der Waals surface area contributed by atoms with Crippen LogP contribution in [0.5, 0.6) is 0 Å². The summed E-state index contributed by atoms with van der Waals surface area (Å²) in [5.41, 5.74) is 4.40. The zero-order valence-electron chi connectivity index (χ0n) is 17.1.